The van der Waals surface area contributed by atoms with E-state index < -0.39 is 11.6 Å². The Kier molecular flexibility index (Phi) is 5.23. The molecule has 0 aliphatic rings. The molecule has 0 N–H and O–H groups in total. The van der Waals surface area contributed by atoms with Crippen LogP contribution >= 0.6 is 0 Å². The lowest BCUT2D eigenvalue weighted by molar-refractivity contribution is 0.284. The molecule has 1 heterocycles. The monoisotopic (exact) mass is 346 g/mol. The maximum atomic E-state index is 13.5. The Bertz CT molecular complexity index is 888. The Labute approximate surface area is 142 Å². The SMILES string of the molecule is O=c1onc(Cc2ccc(F)cc2)n1CCCOc1ccccc1F. The van der Waals surface area contributed by atoms with Crippen LogP contribution in [0.15, 0.2) is 57.8 Å². The average Bonchev–Trinajstić information content (AvgIpc) is 2.95. The van der Waals surface area contributed by atoms with Gasteiger partial charge in [0.1, 0.15) is 5.82 Å². The molecule has 0 saturated carbocycles. The van der Waals surface area contributed by atoms with Gasteiger partial charge in [-0.2, -0.15) is 0 Å². The molecule has 0 unspecified atom stereocenters. The van der Waals surface area contributed by atoms with E-state index in [1.54, 1.807) is 30.3 Å². The van der Waals surface area contributed by atoms with Crippen molar-refractivity contribution < 1.29 is 18.0 Å². The van der Waals surface area contributed by atoms with Crippen LogP contribution in [0.5, 0.6) is 5.75 Å². The van der Waals surface area contributed by atoms with Gasteiger partial charge in [0, 0.05) is 13.0 Å². The lowest BCUT2D eigenvalue weighted by Crippen LogP contribution is -2.19. The summed E-state index contributed by atoms with van der Waals surface area (Å²) in [6.45, 7) is 0.571. The van der Waals surface area contributed by atoms with E-state index in [0.717, 1.165) is 5.56 Å². The third-order valence-corrected chi connectivity index (χ3v) is 3.66. The van der Waals surface area contributed by atoms with Gasteiger partial charge in [-0.3, -0.25) is 9.09 Å². The summed E-state index contributed by atoms with van der Waals surface area (Å²) < 4.78 is 37.9. The van der Waals surface area contributed by atoms with Crippen LogP contribution < -0.4 is 10.5 Å². The fourth-order valence-electron chi connectivity index (χ4n) is 2.40. The molecule has 25 heavy (non-hydrogen) atoms. The second-order valence-electron chi connectivity index (χ2n) is 5.45. The Balaban J connectivity index is 1.59. The number of hydrogen-bond donors (Lipinski definition) is 0. The number of halogens is 2. The maximum absolute atomic E-state index is 13.5. The van der Waals surface area contributed by atoms with Crippen molar-refractivity contribution in [3.8, 4) is 5.75 Å². The lowest BCUT2D eigenvalue weighted by Gasteiger charge is -2.08. The Morgan fingerprint density at radius 3 is 2.60 bits per heavy atom. The van der Waals surface area contributed by atoms with Gasteiger partial charge in [-0.1, -0.05) is 29.4 Å². The summed E-state index contributed by atoms with van der Waals surface area (Å²) in [5, 5.41) is 3.77. The van der Waals surface area contributed by atoms with Crippen molar-refractivity contribution in [1.82, 2.24) is 9.72 Å². The predicted octanol–water partition coefficient (Wildman–Crippen LogP) is 3.17. The minimum absolute atomic E-state index is 0.173. The van der Waals surface area contributed by atoms with Crippen LogP contribution in [0, 0.1) is 11.6 Å². The molecule has 2 aromatic carbocycles. The molecule has 0 aliphatic heterocycles. The topological polar surface area (TPSA) is 57.3 Å². The summed E-state index contributed by atoms with van der Waals surface area (Å²) in [4.78, 5) is 11.8. The maximum Gasteiger partial charge on any atom is 0.441 e. The van der Waals surface area contributed by atoms with Gasteiger partial charge in [0.25, 0.3) is 0 Å². The molecular formula is C18H16F2N2O3. The van der Waals surface area contributed by atoms with Crippen LogP contribution in [0.4, 0.5) is 8.78 Å². The molecular weight excluding hydrogens is 330 g/mol. The second-order valence-corrected chi connectivity index (χ2v) is 5.45. The van der Waals surface area contributed by atoms with Gasteiger partial charge in [-0.05, 0) is 36.2 Å². The number of rotatable bonds is 7. The van der Waals surface area contributed by atoms with Gasteiger partial charge in [-0.25, -0.2) is 13.6 Å². The summed E-state index contributed by atoms with van der Waals surface area (Å²) in [7, 11) is 0. The fraction of sp³-hybridized carbons (Fsp3) is 0.222. The van der Waals surface area contributed by atoms with Crippen LogP contribution in [0.3, 0.4) is 0 Å². The van der Waals surface area contributed by atoms with E-state index in [0.29, 0.717) is 25.2 Å². The summed E-state index contributed by atoms with van der Waals surface area (Å²) in [6, 6.07) is 12.1. The van der Waals surface area contributed by atoms with E-state index in [1.807, 2.05) is 0 Å². The van der Waals surface area contributed by atoms with E-state index in [-0.39, 0.29) is 18.2 Å². The number of aromatic nitrogens is 2. The van der Waals surface area contributed by atoms with Crippen molar-refractivity contribution in [2.24, 2.45) is 0 Å². The Morgan fingerprint density at radius 2 is 1.84 bits per heavy atom. The normalized spacial score (nSPS) is 10.8. The van der Waals surface area contributed by atoms with Gasteiger partial charge in [-0.15, -0.1) is 0 Å². The lowest BCUT2D eigenvalue weighted by atomic mass is 10.1. The standard InChI is InChI=1S/C18H16F2N2O3/c19-14-8-6-13(7-9-14)12-17-21-25-18(23)22(17)10-3-11-24-16-5-2-1-4-15(16)20/h1-2,4-9H,3,10-12H2. The summed E-state index contributed by atoms with van der Waals surface area (Å²) in [6.07, 6.45) is 0.825. The quantitative estimate of drug-likeness (QED) is 0.617. The smallest absolute Gasteiger partial charge is 0.441 e. The molecule has 0 bridgehead atoms. The summed E-state index contributed by atoms with van der Waals surface area (Å²) in [5.74, 6) is -0.703. The first-order valence-electron chi connectivity index (χ1n) is 7.80. The minimum atomic E-state index is -0.567. The molecule has 0 spiro atoms. The molecule has 0 atom stereocenters. The molecule has 0 saturated heterocycles. The van der Waals surface area contributed by atoms with Crippen LogP contribution in [0.25, 0.3) is 0 Å². The van der Waals surface area contributed by atoms with E-state index in [4.69, 9.17) is 9.26 Å². The fourth-order valence-corrected chi connectivity index (χ4v) is 2.40. The zero-order chi connectivity index (χ0) is 17.6. The van der Waals surface area contributed by atoms with Crippen molar-refractivity contribution in [3.05, 3.63) is 82.1 Å². The van der Waals surface area contributed by atoms with Crippen molar-refractivity contribution in [2.75, 3.05) is 6.61 Å². The highest BCUT2D eigenvalue weighted by Gasteiger charge is 2.11. The molecule has 1 aromatic heterocycles. The van der Waals surface area contributed by atoms with E-state index in [9.17, 15) is 13.6 Å². The molecule has 130 valence electrons. The molecule has 5 nitrogen and oxygen atoms in total. The molecule has 0 aliphatic carbocycles. The molecule has 0 radical (unpaired) electrons. The van der Waals surface area contributed by atoms with Gasteiger partial charge >= 0.3 is 5.76 Å². The summed E-state index contributed by atoms with van der Waals surface area (Å²) in [5.41, 5.74) is 0.811. The van der Waals surface area contributed by atoms with E-state index in [1.165, 1.54) is 22.8 Å². The number of para-hydroxylation sites is 1. The number of hydrogen-bond acceptors (Lipinski definition) is 4. The second kappa shape index (κ2) is 7.74. The largest absolute Gasteiger partial charge is 0.490 e. The molecule has 0 fully saturated rings. The number of benzene rings is 2. The van der Waals surface area contributed by atoms with Crippen molar-refractivity contribution >= 4 is 0 Å². The summed E-state index contributed by atoms with van der Waals surface area (Å²) >= 11 is 0. The number of nitrogens with zero attached hydrogens (tertiary/aromatic N) is 2. The van der Waals surface area contributed by atoms with E-state index >= 15 is 0 Å². The van der Waals surface area contributed by atoms with Crippen LogP contribution in [-0.2, 0) is 13.0 Å². The third-order valence-electron chi connectivity index (χ3n) is 3.66. The third kappa shape index (κ3) is 4.32. The van der Waals surface area contributed by atoms with Crippen LogP contribution in [0.1, 0.15) is 17.8 Å². The number of ether oxygens (including phenoxy) is 1. The van der Waals surface area contributed by atoms with Gasteiger partial charge in [0.2, 0.25) is 0 Å². The first-order valence-corrected chi connectivity index (χ1v) is 7.80. The molecule has 0 amide bonds. The van der Waals surface area contributed by atoms with Crippen molar-refractivity contribution in [3.63, 3.8) is 0 Å². The van der Waals surface area contributed by atoms with Crippen LogP contribution in [-0.4, -0.2) is 16.3 Å². The molecule has 7 heteroatoms. The molecule has 3 aromatic rings. The minimum Gasteiger partial charge on any atom is -0.490 e. The highest BCUT2D eigenvalue weighted by Crippen LogP contribution is 2.15. The first kappa shape index (κ1) is 16.9. The Hall–Kier alpha value is -2.96. The zero-order valence-electron chi connectivity index (χ0n) is 13.3. The highest BCUT2D eigenvalue weighted by atomic mass is 19.1. The van der Waals surface area contributed by atoms with E-state index in [2.05, 4.69) is 5.16 Å². The van der Waals surface area contributed by atoms with Gasteiger partial charge < -0.3 is 4.74 Å². The van der Waals surface area contributed by atoms with Crippen molar-refractivity contribution in [2.45, 2.75) is 19.4 Å². The Morgan fingerprint density at radius 1 is 1.08 bits per heavy atom. The average molecular weight is 346 g/mol. The van der Waals surface area contributed by atoms with Crippen molar-refractivity contribution in [1.29, 1.82) is 0 Å². The highest BCUT2D eigenvalue weighted by molar-refractivity contribution is 5.23. The predicted molar refractivity (Wildman–Crippen MR) is 86.5 cm³/mol. The van der Waals surface area contributed by atoms with Gasteiger partial charge in [0.15, 0.2) is 17.4 Å². The first-order chi connectivity index (χ1) is 12.1. The van der Waals surface area contributed by atoms with Crippen LogP contribution in [0.2, 0.25) is 0 Å². The van der Waals surface area contributed by atoms with Gasteiger partial charge in [0.05, 0.1) is 6.61 Å². The molecule has 3 rings (SSSR count). The zero-order valence-corrected chi connectivity index (χ0v) is 13.3.